The van der Waals surface area contributed by atoms with Crippen molar-refractivity contribution in [3.8, 4) is 5.75 Å². The van der Waals surface area contributed by atoms with Crippen LogP contribution >= 0.6 is 0 Å². The van der Waals surface area contributed by atoms with Crippen LogP contribution in [0.2, 0.25) is 0 Å². The Bertz CT molecular complexity index is 971. The molecule has 1 fully saturated rings. The minimum atomic E-state index is -4.80. The zero-order valence-electron chi connectivity index (χ0n) is 15.6. The summed E-state index contributed by atoms with van der Waals surface area (Å²) in [5.74, 6) is -0.957. The van der Waals surface area contributed by atoms with E-state index in [1.165, 1.54) is 36.4 Å². The maximum absolute atomic E-state index is 12.3. The largest absolute Gasteiger partial charge is 0.573 e. The molecule has 0 unspecified atom stereocenters. The van der Waals surface area contributed by atoms with Gasteiger partial charge in [-0.2, -0.15) is 0 Å². The highest BCUT2D eigenvalue weighted by Gasteiger charge is 2.31. The van der Waals surface area contributed by atoms with E-state index in [1.807, 2.05) is 0 Å². The number of rotatable bonds is 7. The summed E-state index contributed by atoms with van der Waals surface area (Å²) >= 11 is 0. The highest BCUT2D eigenvalue weighted by atomic mass is 32.2. The van der Waals surface area contributed by atoms with Crippen LogP contribution in [0.1, 0.15) is 23.2 Å². The van der Waals surface area contributed by atoms with Crippen molar-refractivity contribution in [1.29, 1.82) is 0 Å². The number of hydrogen-bond donors (Lipinski definition) is 2. The van der Waals surface area contributed by atoms with Gasteiger partial charge >= 0.3 is 6.36 Å². The van der Waals surface area contributed by atoms with Crippen LogP contribution in [0.25, 0.3) is 0 Å². The number of halogens is 3. The van der Waals surface area contributed by atoms with Crippen molar-refractivity contribution < 1.29 is 35.9 Å². The first-order valence-electron chi connectivity index (χ1n) is 9.01. The number of amides is 1. The molecule has 3 rings (SSSR count). The lowest BCUT2D eigenvalue weighted by molar-refractivity contribution is -0.274. The molecular formula is C19H19F3N2O5S. The Morgan fingerprint density at radius 1 is 1.10 bits per heavy atom. The number of hydrogen-bond acceptors (Lipinski definition) is 5. The van der Waals surface area contributed by atoms with E-state index in [4.69, 9.17) is 4.74 Å². The molecule has 2 aromatic rings. The lowest BCUT2D eigenvalue weighted by Crippen LogP contribution is -2.31. The van der Waals surface area contributed by atoms with Crippen molar-refractivity contribution >= 4 is 21.6 Å². The van der Waals surface area contributed by atoms with Crippen molar-refractivity contribution in [1.82, 2.24) is 4.72 Å². The Morgan fingerprint density at radius 2 is 1.77 bits per heavy atom. The number of anilines is 1. The van der Waals surface area contributed by atoms with Gasteiger partial charge in [0.05, 0.1) is 11.0 Å². The Kier molecular flexibility index (Phi) is 6.64. The number of alkyl halides is 3. The fraction of sp³-hybridized carbons (Fsp3) is 0.316. The number of sulfonamides is 1. The van der Waals surface area contributed by atoms with Crippen molar-refractivity contribution in [3.05, 3.63) is 54.1 Å². The topological polar surface area (TPSA) is 93.7 Å². The van der Waals surface area contributed by atoms with Crippen LogP contribution in [-0.4, -0.2) is 39.9 Å². The lowest BCUT2D eigenvalue weighted by atomic mass is 10.2. The molecular weight excluding hydrogens is 425 g/mol. The zero-order chi connectivity index (χ0) is 21.8. The summed E-state index contributed by atoms with van der Waals surface area (Å²) in [6.45, 7) is 0.799. The third-order valence-electron chi connectivity index (χ3n) is 4.30. The average molecular weight is 444 g/mol. The summed E-state index contributed by atoms with van der Waals surface area (Å²) in [6.07, 6.45) is -3.25. The number of carbonyl (C=O) groups is 1. The Labute approximate surface area is 171 Å². The number of nitrogens with one attached hydrogen (secondary N) is 2. The van der Waals surface area contributed by atoms with Crippen LogP contribution in [0, 0.1) is 0 Å². The fourth-order valence-electron chi connectivity index (χ4n) is 2.82. The predicted molar refractivity (Wildman–Crippen MR) is 102 cm³/mol. The molecule has 11 heteroatoms. The normalized spacial score (nSPS) is 17.0. The molecule has 1 atom stereocenters. The SMILES string of the molecule is O=C(Nc1ccc(OC(F)(F)F)cc1)c1ccc(S(=O)(=O)NC[C@H]2CCCO2)cc1. The van der Waals surface area contributed by atoms with Crippen molar-refractivity contribution in [2.45, 2.75) is 30.2 Å². The summed E-state index contributed by atoms with van der Waals surface area (Å²) in [5, 5.41) is 2.51. The van der Waals surface area contributed by atoms with E-state index in [1.54, 1.807) is 0 Å². The van der Waals surface area contributed by atoms with Gasteiger partial charge in [-0.05, 0) is 61.4 Å². The van der Waals surface area contributed by atoms with Gasteiger partial charge in [0, 0.05) is 24.4 Å². The lowest BCUT2D eigenvalue weighted by Gasteiger charge is -2.12. The third kappa shape index (κ3) is 6.18. The second-order valence-corrected chi connectivity index (χ2v) is 8.30. The molecule has 7 nitrogen and oxygen atoms in total. The van der Waals surface area contributed by atoms with Crippen molar-refractivity contribution in [2.24, 2.45) is 0 Å². The van der Waals surface area contributed by atoms with Crippen molar-refractivity contribution in [2.75, 3.05) is 18.5 Å². The summed E-state index contributed by atoms with van der Waals surface area (Å²) < 4.78 is 72.8. The standard InChI is InChI=1S/C19H19F3N2O5S/c20-19(21,22)29-15-7-5-14(6-8-15)24-18(25)13-3-9-17(10-4-13)30(26,27)23-12-16-2-1-11-28-16/h3-10,16,23H,1-2,11-12H2,(H,24,25)/t16-/m1/s1. The number of carbonyl (C=O) groups excluding carboxylic acids is 1. The monoisotopic (exact) mass is 444 g/mol. The molecule has 0 aromatic heterocycles. The number of ether oxygens (including phenoxy) is 2. The van der Waals surface area contributed by atoms with Crippen LogP contribution in [0.4, 0.5) is 18.9 Å². The maximum atomic E-state index is 12.3. The van der Waals surface area contributed by atoms with Gasteiger partial charge in [0.2, 0.25) is 10.0 Å². The van der Waals surface area contributed by atoms with E-state index in [0.717, 1.165) is 25.0 Å². The molecule has 0 aliphatic carbocycles. The van der Waals surface area contributed by atoms with Gasteiger partial charge in [-0.3, -0.25) is 4.79 Å². The van der Waals surface area contributed by atoms with Crippen molar-refractivity contribution in [3.63, 3.8) is 0 Å². The van der Waals surface area contributed by atoms with E-state index < -0.39 is 28.0 Å². The maximum Gasteiger partial charge on any atom is 0.573 e. The van der Waals surface area contributed by atoms with Crippen LogP contribution in [-0.2, 0) is 14.8 Å². The molecule has 1 saturated heterocycles. The van der Waals surface area contributed by atoms with Gasteiger partial charge in [-0.15, -0.1) is 13.2 Å². The molecule has 0 bridgehead atoms. The van der Waals surface area contributed by atoms with E-state index in [0.29, 0.717) is 6.61 Å². The van der Waals surface area contributed by atoms with Gasteiger partial charge in [0.15, 0.2) is 0 Å². The molecule has 0 spiro atoms. The average Bonchev–Trinajstić information content (AvgIpc) is 3.21. The Morgan fingerprint density at radius 3 is 2.33 bits per heavy atom. The molecule has 1 aliphatic rings. The molecule has 1 amide bonds. The van der Waals surface area contributed by atoms with E-state index in [2.05, 4.69) is 14.8 Å². The first kappa shape index (κ1) is 22.1. The molecule has 2 aromatic carbocycles. The van der Waals surface area contributed by atoms with Crippen LogP contribution in [0.3, 0.4) is 0 Å². The van der Waals surface area contributed by atoms with Crippen LogP contribution in [0.5, 0.6) is 5.75 Å². The fourth-order valence-corrected chi connectivity index (χ4v) is 3.89. The molecule has 1 heterocycles. The minimum absolute atomic E-state index is 0.00528. The van der Waals surface area contributed by atoms with Crippen LogP contribution in [0.15, 0.2) is 53.4 Å². The van der Waals surface area contributed by atoms with Gasteiger partial charge in [-0.1, -0.05) is 0 Å². The molecule has 162 valence electrons. The first-order chi connectivity index (χ1) is 14.1. The Hall–Kier alpha value is -2.63. The second-order valence-electron chi connectivity index (χ2n) is 6.54. The smallest absolute Gasteiger partial charge is 0.406 e. The highest BCUT2D eigenvalue weighted by Crippen LogP contribution is 2.24. The van der Waals surface area contributed by atoms with Gasteiger partial charge in [0.1, 0.15) is 5.75 Å². The Balaban J connectivity index is 1.59. The van der Waals surface area contributed by atoms with Gasteiger partial charge in [0.25, 0.3) is 5.91 Å². The van der Waals surface area contributed by atoms with Gasteiger partial charge < -0.3 is 14.8 Å². The highest BCUT2D eigenvalue weighted by molar-refractivity contribution is 7.89. The van der Waals surface area contributed by atoms with Crippen LogP contribution < -0.4 is 14.8 Å². The minimum Gasteiger partial charge on any atom is -0.406 e. The summed E-state index contributed by atoms with van der Waals surface area (Å²) in [4.78, 5) is 12.3. The van der Waals surface area contributed by atoms with E-state index in [-0.39, 0.29) is 28.8 Å². The van der Waals surface area contributed by atoms with Gasteiger partial charge in [-0.25, -0.2) is 13.1 Å². The predicted octanol–water partition coefficient (Wildman–Crippen LogP) is 3.29. The molecule has 0 radical (unpaired) electrons. The summed E-state index contributed by atoms with van der Waals surface area (Å²) in [7, 11) is -3.74. The molecule has 2 N–H and O–H groups in total. The molecule has 30 heavy (non-hydrogen) atoms. The van der Waals surface area contributed by atoms with E-state index >= 15 is 0 Å². The summed E-state index contributed by atoms with van der Waals surface area (Å²) in [6, 6.07) is 9.94. The first-order valence-corrected chi connectivity index (χ1v) is 10.5. The third-order valence-corrected chi connectivity index (χ3v) is 5.74. The zero-order valence-corrected chi connectivity index (χ0v) is 16.4. The molecule has 1 aliphatic heterocycles. The number of benzene rings is 2. The summed E-state index contributed by atoms with van der Waals surface area (Å²) in [5.41, 5.74) is 0.438. The quantitative estimate of drug-likeness (QED) is 0.684. The molecule has 0 saturated carbocycles. The van der Waals surface area contributed by atoms with E-state index in [9.17, 15) is 26.4 Å². The second kappa shape index (κ2) is 9.02.